The number of benzene rings is 3. The Bertz CT molecular complexity index is 2180. The van der Waals surface area contributed by atoms with E-state index in [0.717, 1.165) is 109 Å². The van der Waals surface area contributed by atoms with Gasteiger partial charge < -0.3 is 29.8 Å². The van der Waals surface area contributed by atoms with E-state index in [2.05, 4.69) is 94.7 Å². The highest BCUT2D eigenvalue weighted by Crippen LogP contribution is 2.38. The number of H-pyrrole nitrogens is 2. The lowest BCUT2D eigenvalue weighted by Gasteiger charge is -2.34. The number of amides is 3. The van der Waals surface area contributed by atoms with Gasteiger partial charge in [-0.3, -0.25) is 14.5 Å². The molecule has 58 heavy (non-hydrogen) atoms. The van der Waals surface area contributed by atoms with Crippen molar-refractivity contribution in [2.24, 2.45) is 5.92 Å². The molecule has 3 amide bonds. The second kappa shape index (κ2) is 17.4. The topological polar surface area (TPSA) is 140 Å². The molecule has 3 N–H and O–H groups in total. The fraction of sp³-hybridized carbons (Fsp3) is 0.413. The van der Waals surface area contributed by atoms with E-state index in [4.69, 9.17) is 14.7 Å². The molecule has 3 aromatic carbocycles. The molecule has 5 aromatic rings. The van der Waals surface area contributed by atoms with Crippen LogP contribution in [-0.2, 0) is 14.3 Å². The molecule has 1 saturated carbocycles. The van der Waals surface area contributed by atoms with Gasteiger partial charge in [0, 0.05) is 25.0 Å². The number of carbonyl (C=O) groups is 3. The number of rotatable bonds is 12. The minimum Gasteiger partial charge on any atom is -0.453 e. The highest BCUT2D eigenvalue weighted by Gasteiger charge is 2.40. The Balaban J connectivity index is 0.906. The van der Waals surface area contributed by atoms with Crippen molar-refractivity contribution in [2.45, 2.75) is 83.0 Å². The van der Waals surface area contributed by atoms with Crippen LogP contribution in [0.15, 0.2) is 91.3 Å². The molecule has 0 unspecified atom stereocenters. The van der Waals surface area contributed by atoms with E-state index in [1.807, 2.05) is 40.4 Å². The summed E-state index contributed by atoms with van der Waals surface area (Å²) in [5.74, 6) is 1.82. The minimum atomic E-state index is -0.447. The summed E-state index contributed by atoms with van der Waals surface area (Å²) >= 11 is 0. The maximum absolute atomic E-state index is 14.2. The molecule has 302 valence electrons. The summed E-state index contributed by atoms with van der Waals surface area (Å²) in [5, 5.41) is 2.85. The lowest BCUT2D eigenvalue weighted by atomic mass is 10.0. The van der Waals surface area contributed by atoms with Gasteiger partial charge in [0.1, 0.15) is 17.7 Å². The van der Waals surface area contributed by atoms with E-state index in [-0.39, 0.29) is 41.9 Å². The monoisotopic (exact) mass is 782 g/mol. The molecule has 8 rings (SSSR count). The van der Waals surface area contributed by atoms with Crippen molar-refractivity contribution in [3.63, 3.8) is 0 Å². The number of aromatic amines is 2. The number of likely N-dealkylation sites (tertiary alicyclic amines) is 2. The van der Waals surface area contributed by atoms with Crippen LogP contribution in [0.3, 0.4) is 0 Å². The van der Waals surface area contributed by atoms with Crippen molar-refractivity contribution in [1.82, 2.24) is 40.0 Å². The van der Waals surface area contributed by atoms with E-state index in [0.29, 0.717) is 13.0 Å². The standard InChI is InChI=1S/C46H54N8O4/c1-4-52(5-2)41(34-11-7-6-8-12-34)45(56)54-26-10-14-40(54)43-48-29-38(51-43)33-21-17-31(18-22-33)30-15-19-32(20-16-30)37-28-47-42(50-37)39-13-9-25-53(39)44(55)35-23-24-36(27-35)49-46(57)58-3/h6-8,11-12,15-22,28-29,35-36,39-41H,4-5,9-10,13-14,23-27H2,1-3H3,(H,47,50)(H,48,51)(H,49,57)/t35-,36+,39+,40+,41-/m1/s1. The Labute approximate surface area is 340 Å². The molecule has 2 saturated heterocycles. The minimum absolute atomic E-state index is 0.0346. The molecule has 4 heterocycles. The van der Waals surface area contributed by atoms with Gasteiger partial charge in [0.2, 0.25) is 11.8 Å². The van der Waals surface area contributed by atoms with Crippen LogP contribution in [0.25, 0.3) is 33.6 Å². The van der Waals surface area contributed by atoms with Gasteiger partial charge in [-0.15, -0.1) is 0 Å². The van der Waals surface area contributed by atoms with Crippen LogP contribution in [0.4, 0.5) is 4.79 Å². The zero-order valence-corrected chi connectivity index (χ0v) is 33.7. The van der Waals surface area contributed by atoms with Crippen LogP contribution < -0.4 is 5.32 Å². The van der Waals surface area contributed by atoms with Gasteiger partial charge in [0.15, 0.2) is 0 Å². The molecule has 12 heteroatoms. The van der Waals surface area contributed by atoms with Crippen LogP contribution in [0.1, 0.15) is 94.1 Å². The van der Waals surface area contributed by atoms with E-state index < -0.39 is 6.09 Å². The molecule has 1 aliphatic carbocycles. The number of likely N-dealkylation sites (N-methyl/N-ethyl adjacent to an activating group) is 1. The maximum atomic E-state index is 14.2. The second-order valence-electron chi connectivity index (χ2n) is 15.8. The average Bonchev–Trinajstić information content (AvgIpc) is 4.12. The van der Waals surface area contributed by atoms with Gasteiger partial charge in [-0.05, 0) is 85.9 Å². The first kappa shape index (κ1) is 39.1. The fourth-order valence-corrected chi connectivity index (χ4v) is 9.31. The van der Waals surface area contributed by atoms with Gasteiger partial charge in [-0.2, -0.15) is 0 Å². The van der Waals surface area contributed by atoms with E-state index in [1.54, 1.807) is 0 Å². The van der Waals surface area contributed by atoms with Gasteiger partial charge >= 0.3 is 6.09 Å². The number of carbonyl (C=O) groups excluding carboxylic acids is 3. The SMILES string of the molecule is CCN(CC)[C@@H](C(=O)N1CCC[C@H]1c1ncc(-c2ccc(-c3ccc(-c4cnc([C@@H]5CCCN5C(=O)[C@@H]5CC[C@H](NC(=O)OC)C5)[nH]4)cc3)cc2)[nH]1)c1ccccc1. The summed E-state index contributed by atoms with van der Waals surface area (Å²) in [7, 11) is 1.36. The van der Waals surface area contributed by atoms with Crippen molar-refractivity contribution in [2.75, 3.05) is 33.3 Å². The van der Waals surface area contributed by atoms with Crippen LogP contribution >= 0.6 is 0 Å². The molecule has 12 nitrogen and oxygen atoms in total. The number of methoxy groups -OCH3 is 1. The van der Waals surface area contributed by atoms with Crippen LogP contribution in [0.2, 0.25) is 0 Å². The molecule has 2 aliphatic heterocycles. The first-order valence-electron chi connectivity index (χ1n) is 20.9. The second-order valence-corrected chi connectivity index (χ2v) is 15.8. The number of alkyl carbamates (subject to hydrolysis) is 1. The first-order valence-corrected chi connectivity index (χ1v) is 20.9. The highest BCUT2D eigenvalue weighted by molar-refractivity contribution is 5.84. The van der Waals surface area contributed by atoms with E-state index in [1.165, 1.54) is 7.11 Å². The molecule has 5 atom stereocenters. The molecule has 0 bridgehead atoms. The van der Waals surface area contributed by atoms with Crippen molar-refractivity contribution in [3.05, 3.63) is 108 Å². The first-order chi connectivity index (χ1) is 28.3. The third-order valence-electron chi connectivity index (χ3n) is 12.4. The molecular weight excluding hydrogens is 729 g/mol. The molecule has 0 spiro atoms. The van der Waals surface area contributed by atoms with Gasteiger partial charge in [0.05, 0.1) is 43.0 Å². The molecule has 3 fully saturated rings. The Morgan fingerprint density at radius 3 is 1.83 bits per heavy atom. The van der Waals surface area contributed by atoms with Crippen molar-refractivity contribution in [3.8, 4) is 33.6 Å². The van der Waals surface area contributed by atoms with E-state index >= 15 is 0 Å². The van der Waals surface area contributed by atoms with Gasteiger partial charge in [-0.1, -0.05) is 92.7 Å². The molecule has 2 aromatic heterocycles. The Morgan fingerprint density at radius 1 is 0.741 bits per heavy atom. The van der Waals surface area contributed by atoms with Crippen LogP contribution in [-0.4, -0.2) is 91.9 Å². The number of nitrogens with zero attached hydrogens (tertiary/aromatic N) is 5. The van der Waals surface area contributed by atoms with Crippen molar-refractivity contribution < 1.29 is 19.1 Å². The molecule has 3 aliphatic rings. The third kappa shape index (κ3) is 8.02. The smallest absolute Gasteiger partial charge is 0.407 e. The summed E-state index contributed by atoms with van der Waals surface area (Å²) in [4.78, 5) is 62.4. The van der Waals surface area contributed by atoms with E-state index in [9.17, 15) is 14.4 Å². The Hall–Kier alpha value is -5.75. The third-order valence-corrected chi connectivity index (χ3v) is 12.4. The van der Waals surface area contributed by atoms with Gasteiger partial charge in [-0.25, -0.2) is 14.8 Å². The quantitative estimate of drug-likeness (QED) is 0.116. The predicted molar refractivity (Wildman–Crippen MR) is 223 cm³/mol. The van der Waals surface area contributed by atoms with Crippen LogP contribution in [0, 0.1) is 5.92 Å². The number of nitrogens with one attached hydrogen (secondary N) is 3. The predicted octanol–water partition coefficient (Wildman–Crippen LogP) is 8.07. The number of hydrogen-bond donors (Lipinski definition) is 3. The zero-order chi connectivity index (χ0) is 40.2. The summed E-state index contributed by atoms with van der Waals surface area (Å²) in [6, 6.07) is 26.5. The summed E-state index contributed by atoms with van der Waals surface area (Å²) in [6.07, 6.45) is 9.10. The molecule has 0 radical (unpaired) electrons. The normalized spacial score (nSPS) is 21.1. The Morgan fingerprint density at radius 2 is 1.28 bits per heavy atom. The zero-order valence-electron chi connectivity index (χ0n) is 33.7. The van der Waals surface area contributed by atoms with Crippen molar-refractivity contribution >= 4 is 17.9 Å². The summed E-state index contributed by atoms with van der Waals surface area (Å²) in [6.45, 7) is 7.25. The molecular formula is C46H54N8O4. The summed E-state index contributed by atoms with van der Waals surface area (Å²) < 4.78 is 4.74. The fourth-order valence-electron chi connectivity index (χ4n) is 9.31. The highest BCUT2D eigenvalue weighted by atomic mass is 16.5. The number of imidazole rings is 2. The number of ether oxygens (including phenoxy) is 1. The number of hydrogen-bond acceptors (Lipinski definition) is 7. The lowest BCUT2D eigenvalue weighted by Crippen LogP contribution is -2.43. The largest absolute Gasteiger partial charge is 0.453 e. The summed E-state index contributed by atoms with van der Waals surface area (Å²) in [5.41, 5.74) is 7.15. The maximum Gasteiger partial charge on any atom is 0.407 e. The van der Waals surface area contributed by atoms with Crippen LogP contribution in [0.5, 0.6) is 0 Å². The average molecular weight is 783 g/mol. The number of aromatic nitrogens is 4. The van der Waals surface area contributed by atoms with Gasteiger partial charge in [0.25, 0.3) is 0 Å². The lowest BCUT2D eigenvalue weighted by molar-refractivity contribution is -0.138. The Kier molecular flexibility index (Phi) is 11.7. The van der Waals surface area contributed by atoms with Crippen molar-refractivity contribution in [1.29, 1.82) is 0 Å².